The molecule has 0 aromatic heterocycles. The molecule has 0 aromatic rings. The monoisotopic (exact) mass is 277 g/mol. The Kier molecular flexibility index (Phi) is 8.02. The maximum absolute atomic E-state index is 11.5. The molecule has 0 amide bonds. The van der Waals surface area contributed by atoms with Gasteiger partial charge in [-0.2, -0.15) is 12.6 Å². The summed E-state index contributed by atoms with van der Waals surface area (Å²) in [5, 5.41) is 10.6. The fourth-order valence-corrected chi connectivity index (χ4v) is 1.79. The van der Waals surface area contributed by atoms with E-state index in [4.69, 9.17) is 4.74 Å². The van der Waals surface area contributed by atoms with Crippen LogP contribution in [0.1, 0.15) is 25.7 Å². The molecule has 6 heteroatoms. The number of carbonyl (C=O) groups is 2. The highest BCUT2D eigenvalue weighted by atomic mass is 32.1. The molecular formula is C12H23NO4S. The van der Waals surface area contributed by atoms with Gasteiger partial charge in [-0.1, -0.05) is 0 Å². The van der Waals surface area contributed by atoms with Gasteiger partial charge in [0.1, 0.15) is 6.54 Å². The summed E-state index contributed by atoms with van der Waals surface area (Å²) in [7, 11) is 5.74. The van der Waals surface area contributed by atoms with Crippen molar-refractivity contribution in [3.63, 3.8) is 0 Å². The van der Waals surface area contributed by atoms with E-state index in [0.29, 0.717) is 23.9 Å². The van der Waals surface area contributed by atoms with Crippen molar-refractivity contribution in [1.29, 1.82) is 0 Å². The van der Waals surface area contributed by atoms with Crippen LogP contribution in [-0.4, -0.2) is 56.0 Å². The SMILES string of the molecule is C[N+](C)(C)CC(CC(=O)[O-])OC(=O)CCCCS. The molecule has 0 aromatic carbocycles. The molecule has 0 aliphatic heterocycles. The van der Waals surface area contributed by atoms with Gasteiger partial charge in [-0.15, -0.1) is 0 Å². The molecule has 0 radical (unpaired) electrons. The second kappa shape index (κ2) is 8.37. The van der Waals surface area contributed by atoms with Gasteiger partial charge in [0.25, 0.3) is 0 Å². The van der Waals surface area contributed by atoms with Gasteiger partial charge in [0.15, 0.2) is 6.10 Å². The Bertz CT molecular complexity index is 276. The van der Waals surface area contributed by atoms with Crippen LogP contribution in [0.4, 0.5) is 0 Å². The molecule has 0 rings (SSSR count). The van der Waals surface area contributed by atoms with Crippen molar-refractivity contribution < 1.29 is 23.9 Å². The van der Waals surface area contributed by atoms with E-state index in [1.807, 2.05) is 21.1 Å². The molecule has 0 spiro atoms. The van der Waals surface area contributed by atoms with Crippen molar-refractivity contribution in [3.05, 3.63) is 0 Å². The predicted octanol–water partition coefficient (Wildman–Crippen LogP) is -0.155. The number of rotatable bonds is 9. The maximum Gasteiger partial charge on any atom is 0.306 e. The Morgan fingerprint density at radius 2 is 1.89 bits per heavy atom. The first-order valence-corrected chi connectivity index (χ1v) is 6.68. The van der Waals surface area contributed by atoms with Gasteiger partial charge in [-0.05, 0) is 18.6 Å². The Morgan fingerprint density at radius 3 is 2.33 bits per heavy atom. The molecule has 0 heterocycles. The fraction of sp³-hybridized carbons (Fsp3) is 0.833. The van der Waals surface area contributed by atoms with E-state index in [2.05, 4.69) is 12.6 Å². The van der Waals surface area contributed by atoms with Gasteiger partial charge >= 0.3 is 5.97 Å². The normalized spacial score (nSPS) is 13.1. The van der Waals surface area contributed by atoms with Gasteiger partial charge in [0.05, 0.1) is 21.1 Å². The summed E-state index contributed by atoms with van der Waals surface area (Å²) in [5.41, 5.74) is 0. The number of esters is 1. The fourth-order valence-electron chi connectivity index (χ4n) is 1.57. The van der Waals surface area contributed by atoms with Gasteiger partial charge in [0.2, 0.25) is 0 Å². The van der Waals surface area contributed by atoms with E-state index in [9.17, 15) is 14.7 Å². The molecule has 0 saturated carbocycles. The number of unbranched alkanes of at least 4 members (excludes halogenated alkanes) is 1. The molecule has 0 saturated heterocycles. The maximum atomic E-state index is 11.5. The number of likely N-dealkylation sites (N-methyl/N-ethyl adjacent to an activating group) is 1. The van der Waals surface area contributed by atoms with Crippen molar-refractivity contribution >= 4 is 24.6 Å². The number of hydrogen-bond acceptors (Lipinski definition) is 5. The number of carbonyl (C=O) groups excluding carboxylic acids is 2. The lowest BCUT2D eigenvalue weighted by molar-refractivity contribution is -0.873. The first-order valence-electron chi connectivity index (χ1n) is 6.05. The Labute approximate surface area is 114 Å². The number of thiol groups is 1. The highest BCUT2D eigenvalue weighted by Gasteiger charge is 2.22. The third-order valence-electron chi connectivity index (χ3n) is 2.23. The lowest BCUT2D eigenvalue weighted by atomic mass is 10.2. The largest absolute Gasteiger partial charge is 0.550 e. The number of hydrogen-bond donors (Lipinski definition) is 1. The first kappa shape index (κ1) is 17.2. The van der Waals surface area contributed by atoms with Crippen LogP contribution in [0.25, 0.3) is 0 Å². The number of ether oxygens (including phenoxy) is 1. The summed E-state index contributed by atoms with van der Waals surface area (Å²) in [4.78, 5) is 22.1. The van der Waals surface area contributed by atoms with Gasteiger partial charge < -0.3 is 19.1 Å². The molecule has 1 unspecified atom stereocenters. The summed E-state index contributed by atoms with van der Waals surface area (Å²) in [6, 6.07) is 0. The third-order valence-corrected chi connectivity index (χ3v) is 2.55. The lowest BCUT2D eigenvalue weighted by Crippen LogP contribution is -2.45. The molecule has 106 valence electrons. The zero-order chi connectivity index (χ0) is 14.2. The Hall–Kier alpha value is -0.750. The highest BCUT2D eigenvalue weighted by Crippen LogP contribution is 2.07. The molecule has 0 bridgehead atoms. The van der Waals surface area contributed by atoms with Crippen LogP contribution in [-0.2, 0) is 14.3 Å². The first-order chi connectivity index (χ1) is 8.24. The van der Waals surface area contributed by atoms with Crippen molar-refractivity contribution in [2.24, 2.45) is 0 Å². The predicted molar refractivity (Wildman–Crippen MR) is 70.1 cm³/mol. The van der Waals surface area contributed by atoms with E-state index >= 15 is 0 Å². The Morgan fingerprint density at radius 1 is 1.28 bits per heavy atom. The van der Waals surface area contributed by atoms with Crippen LogP contribution in [0.3, 0.4) is 0 Å². The third kappa shape index (κ3) is 10.4. The van der Waals surface area contributed by atoms with E-state index in [1.54, 1.807) is 0 Å². The van der Waals surface area contributed by atoms with E-state index < -0.39 is 12.1 Å². The zero-order valence-corrected chi connectivity index (χ0v) is 12.2. The van der Waals surface area contributed by atoms with Crippen molar-refractivity contribution in [3.8, 4) is 0 Å². The van der Waals surface area contributed by atoms with Crippen molar-refractivity contribution in [1.82, 2.24) is 0 Å². The molecule has 0 N–H and O–H groups in total. The molecule has 0 aliphatic carbocycles. The minimum atomic E-state index is -1.20. The van der Waals surface area contributed by atoms with Crippen LogP contribution in [0.15, 0.2) is 0 Å². The Balaban J connectivity index is 4.22. The summed E-state index contributed by atoms with van der Waals surface area (Å²) < 4.78 is 5.71. The van der Waals surface area contributed by atoms with Gasteiger partial charge in [0, 0.05) is 18.8 Å². The van der Waals surface area contributed by atoms with E-state index in [-0.39, 0.29) is 12.4 Å². The van der Waals surface area contributed by atoms with Gasteiger partial charge in [-0.3, -0.25) is 4.79 Å². The molecule has 5 nitrogen and oxygen atoms in total. The zero-order valence-electron chi connectivity index (χ0n) is 11.3. The number of carboxylic acids is 1. The quantitative estimate of drug-likeness (QED) is 0.275. The topological polar surface area (TPSA) is 66.4 Å². The number of carboxylic acid groups (broad SMARTS) is 1. The van der Waals surface area contributed by atoms with Crippen LogP contribution < -0.4 is 5.11 Å². The standard InChI is InChI=1S/C12H23NO4S/c1-13(2,3)9-10(8-11(14)15)17-12(16)6-4-5-7-18/h10H,4-9H2,1-3H3,(H-,14,15,18). The smallest absolute Gasteiger partial charge is 0.306 e. The highest BCUT2D eigenvalue weighted by molar-refractivity contribution is 7.80. The van der Waals surface area contributed by atoms with Crippen LogP contribution in [0.2, 0.25) is 0 Å². The van der Waals surface area contributed by atoms with E-state index in [1.165, 1.54) is 0 Å². The van der Waals surface area contributed by atoms with Crippen molar-refractivity contribution in [2.45, 2.75) is 31.8 Å². The molecule has 1 atom stereocenters. The van der Waals surface area contributed by atoms with E-state index in [0.717, 1.165) is 12.2 Å². The second-order valence-corrected chi connectivity index (χ2v) is 5.79. The average molecular weight is 277 g/mol. The summed E-state index contributed by atoms with van der Waals surface area (Å²) in [5.74, 6) is -0.817. The molecule has 0 aliphatic rings. The lowest BCUT2D eigenvalue weighted by Gasteiger charge is -2.29. The van der Waals surface area contributed by atoms with Crippen LogP contribution in [0.5, 0.6) is 0 Å². The van der Waals surface area contributed by atoms with Gasteiger partial charge in [-0.25, -0.2) is 0 Å². The van der Waals surface area contributed by atoms with Crippen LogP contribution in [0, 0.1) is 0 Å². The summed E-state index contributed by atoms with van der Waals surface area (Å²) in [6.45, 7) is 0.451. The molecular weight excluding hydrogens is 254 g/mol. The second-order valence-electron chi connectivity index (χ2n) is 5.34. The average Bonchev–Trinajstić information content (AvgIpc) is 2.13. The van der Waals surface area contributed by atoms with Crippen LogP contribution >= 0.6 is 12.6 Å². The number of quaternary nitrogens is 1. The number of nitrogens with zero attached hydrogens (tertiary/aromatic N) is 1. The minimum Gasteiger partial charge on any atom is -0.550 e. The summed E-state index contributed by atoms with van der Waals surface area (Å²) >= 11 is 4.05. The molecule has 18 heavy (non-hydrogen) atoms. The number of aliphatic carboxylic acids is 1. The summed E-state index contributed by atoms with van der Waals surface area (Å²) in [6.07, 6.45) is 0.983. The minimum absolute atomic E-state index is 0.256. The van der Waals surface area contributed by atoms with Crippen molar-refractivity contribution in [2.75, 3.05) is 33.4 Å². The molecule has 0 fully saturated rings.